The van der Waals surface area contributed by atoms with Gasteiger partial charge in [-0.1, -0.05) is 139 Å². The van der Waals surface area contributed by atoms with Crippen LogP contribution in [0.2, 0.25) is 0 Å². The molecule has 320 valence electrons. The largest absolute Gasteiger partial charge is 0.456 e. The summed E-state index contributed by atoms with van der Waals surface area (Å²) in [6.07, 6.45) is 0. The molecule has 12 aromatic rings. The van der Waals surface area contributed by atoms with Gasteiger partial charge >= 0.3 is 0 Å². The van der Waals surface area contributed by atoms with E-state index in [-0.39, 0.29) is 16.2 Å². The molecule has 0 aliphatic heterocycles. The van der Waals surface area contributed by atoms with E-state index in [0.29, 0.717) is 0 Å². The highest BCUT2D eigenvalue weighted by Gasteiger charge is 2.42. The maximum absolute atomic E-state index is 6.71. The maximum atomic E-state index is 6.71. The molecular weight excluding hydrogens is 819 g/mol. The number of para-hydroxylation sites is 3. The quantitative estimate of drug-likeness (QED) is 0.177. The van der Waals surface area contributed by atoms with Crippen LogP contribution in [0.1, 0.15) is 74.9 Å². The lowest BCUT2D eigenvalue weighted by Crippen LogP contribution is -2.19. The van der Waals surface area contributed by atoms with Gasteiger partial charge < -0.3 is 18.2 Å². The highest BCUT2D eigenvalue weighted by atomic mass is 16.3. The molecule has 0 spiro atoms. The molecule has 0 saturated carbocycles. The second kappa shape index (κ2) is 12.3. The Kier molecular flexibility index (Phi) is 6.89. The molecule has 0 N–H and O–H groups in total. The Labute approximate surface area is 387 Å². The lowest BCUT2D eigenvalue weighted by atomic mass is 9.80. The molecule has 0 saturated heterocycles. The van der Waals surface area contributed by atoms with Crippen LogP contribution in [0, 0.1) is 0 Å². The van der Waals surface area contributed by atoms with Crippen molar-refractivity contribution < 1.29 is 13.3 Å². The number of hydrogen-bond donors (Lipinski definition) is 0. The van der Waals surface area contributed by atoms with E-state index < -0.39 is 0 Å². The summed E-state index contributed by atoms with van der Waals surface area (Å²) in [5, 5.41) is 7.08. The molecule has 4 nitrogen and oxygen atoms in total. The van der Waals surface area contributed by atoms with Crippen molar-refractivity contribution in [3.8, 4) is 33.4 Å². The fourth-order valence-corrected chi connectivity index (χ4v) is 13.1. The smallest absolute Gasteiger partial charge is 0.143 e. The van der Waals surface area contributed by atoms with Gasteiger partial charge in [-0.15, -0.1) is 0 Å². The van der Waals surface area contributed by atoms with E-state index in [4.69, 9.17) is 13.3 Å². The predicted molar refractivity (Wildman–Crippen MR) is 276 cm³/mol. The van der Waals surface area contributed by atoms with Gasteiger partial charge in [-0.3, -0.25) is 0 Å². The van der Waals surface area contributed by atoms with E-state index >= 15 is 0 Å². The summed E-state index contributed by atoms with van der Waals surface area (Å²) in [7, 11) is 0. The third-order valence-corrected chi connectivity index (χ3v) is 16.2. The van der Waals surface area contributed by atoms with Gasteiger partial charge in [0.2, 0.25) is 0 Å². The van der Waals surface area contributed by atoms with E-state index in [1.807, 2.05) is 0 Å². The second-order valence-corrected chi connectivity index (χ2v) is 20.8. The molecule has 0 amide bonds. The molecule has 0 atom stereocenters. The predicted octanol–water partition coefficient (Wildman–Crippen LogP) is 17.8. The third-order valence-electron chi connectivity index (χ3n) is 16.2. The van der Waals surface area contributed by atoms with E-state index in [9.17, 15) is 0 Å². The van der Waals surface area contributed by atoms with Crippen LogP contribution in [0.3, 0.4) is 0 Å². The molecule has 15 rings (SSSR count). The van der Waals surface area contributed by atoms with Crippen molar-refractivity contribution in [2.45, 2.75) is 57.8 Å². The summed E-state index contributed by atoms with van der Waals surface area (Å²) in [4.78, 5) is 2.50. The topological polar surface area (TPSA) is 42.7 Å². The number of hydrogen-bond acceptors (Lipinski definition) is 4. The fraction of sp³-hybridized carbons (Fsp3) is 0.143. The Morgan fingerprint density at radius 1 is 0.328 bits per heavy atom. The van der Waals surface area contributed by atoms with Crippen LogP contribution in [-0.2, 0) is 16.2 Å². The SMILES string of the molecule is CC1(C)c2cc(N(c3ccc4c(c3)C(C)(C)c3c-4ccc4oc5ccccc5c34)c3ccc4c(c3)C(C)(C)c3c-4ccc4oc5ccccc5c34)ccc2-c2c1ccc1c2oc2ccccc21. The minimum absolute atomic E-state index is 0.264. The van der Waals surface area contributed by atoms with Crippen LogP contribution in [-0.4, -0.2) is 0 Å². The van der Waals surface area contributed by atoms with Gasteiger partial charge in [0.25, 0.3) is 0 Å². The summed E-state index contributed by atoms with van der Waals surface area (Å²) in [5.74, 6) is 0. The minimum Gasteiger partial charge on any atom is -0.456 e. The first-order chi connectivity index (χ1) is 32.5. The Hall–Kier alpha value is -7.82. The van der Waals surface area contributed by atoms with Gasteiger partial charge in [-0.05, 0) is 128 Å². The van der Waals surface area contributed by atoms with Crippen molar-refractivity contribution in [1.82, 2.24) is 0 Å². The number of nitrogens with zero attached hydrogens (tertiary/aromatic N) is 1. The van der Waals surface area contributed by atoms with E-state index in [1.165, 1.54) is 88.3 Å². The molecule has 3 aromatic heterocycles. The van der Waals surface area contributed by atoms with Gasteiger partial charge in [-0.2, -0.15) is 0 Å². The molecule has 67 heavy (non-hydrogen) atoms. The number of rotatable bonds is 3. The van der Waals surface area contributed by atoms with E-state index in [1.54, 1.807) is 0 Å². The monoisotopic (exact) mass is 863 g/mol. The summed E-state index contributed by atoms with van der Waals surface area (Å²) in [6.45, 7) is 14.3. The van der Waals surface area contributed by atoms with Crippen molar-refractivity contribution in [3.63, 3.8) is 0 Å². The molecule has 0 radical (unpaired) electrons. The summed E-state index contributed by atoms with van der Waals surface area (Å²) >= 11 is 0. The zero-order valence-corrected chi connectivity index (χ0v) is 38.3. The average Bonchev–Trinajstić information content (AvgIpc) is 4.15. The van der Waals surface area contributed by atoms with E-state index in [0.717, 1.165) is 61.3 Å². The molecule has 3 heterocycles. The molecule has 9 aromatic carbocycles. The van der Waals surface area contributed by atoms with E-state index in [2.05, 4.69) is 210 Å². The van der Waals surface area contributed by atoms with Crippen LogP contribution >= 0.6 is 0 Å². The summed E-state index contributed by atoms with van der Waals surface area (Å²) in [5.41, 5.74) is 23.6. The first-order valence-electron chi connectivity index (χ1n) is 23.6. The number of furan rings is 3. The normalized spacial score (nSPS) is 15.7. The van der Waals surface area contributed by atoms with Crippen LogP contribution in [0.4, 0.5) is 17.1 Å². The van der Waals surface area contributed by atoms with Gasteiger partial charge in [0, 0.05) is 71.2 Å². The average molecular weight is 864 g/mol. The first kappa shape index (κ1) is 37.4. The summed E-state index contributed by atoms with van der Waals surface area (Å²) < 4.78 is 19.6. The van der Waals surface area contributed by atoms with Gasteiger partial charge in [-0.25, -0.2) is 0 Å². The molecule has 0 bridgehead atoms. The standard InChI is InChI=1S/C63H45NO3/c1-61(2)46-28-25-42-39-13-7-10-16-50(39)67-60(42)55(46)43-24-21-36(33-49(43)61)64(34-19-22-37-40-26-29-53-56(44-14-8-11-17-51(44)65-53)58(40)62(3,4)47(37)31-34)35-20-23-38-41-27-30-54-57(45-15-9-12-18-52(45)66-54)59(41)63(5,6)48(38)32-35/h7-33H,1-6H3. The van der Waals surface area contributed by atoms with Gasteiger partial charge in [0.15, 0.2) is 0 Å². The third kappa shape index (κ3) is 4.63. The zero-order chi connectivity index (χ0) is 44.9. The van der Waals surface area contributed by atoms with Crippen molar-refractivity contribution in [3.05, 3.63) is 197 Å². The Morgan fingerprint density at radius 2 is 0.761 bits per heavy atom. The second-order valence-electron chi connectivity index (χ2n) is 20.8. The van der Waals surface area contributed by atoms with Crippen molar-refractivity contribution in [2.75, 3.05) is 4.90 Å². The number of benzene rings is 9. The molecule has 3 aliphatic rings. The summed E-state index contributed by atoms with van der Waals surface area (Å²) in [6, 6.07) is 60.2. The highest BCUT2D eigenvalue weighted by molar-refractivity contribution is 6.14. The molecule has 0 unspecified atom stereocenters. The van der Waals surface area contributed by atoms with Crippen molar-refractivity contribution >= 4 is 82.9 Å². The van der Waals surface area contributed by atoms with Crippen molar-refractivity contribution in [1.29, 1.82) is 0 Å². The number of fused-ring (bicyclic) bond motifs is 21. The Bertz CT molecular complexity index is 4020. The zero-order valence-electron chi connectivity index (χ0n) is 38.3. The molecule has 3 aliphatic carbocycles. The molecular formula is C63H45NO3. The van der Waals surface area contributed by atoms with Crippen molar-refractivity contribution in [2.24, 2.45) is 0 Å². The lowest BCUT2D eigenvalue weighted by molar-refractivity contribution is 0.653. The molecule has 0 fully saturated rings. The lowest BCUT2D eigenvalue weighted by Gasteiger charge is -2.31. The van der Waals surface area contributed by atoms with Gasteiger partial charge in [0.05, 0.1) is 0 Å². The first-order valence-corrected chi connectivity index (χ1v) is 23.6. The van der Waals surface area contributed by atoms with Crippen LogP contribution in [0.25, 0.3) is 99.2 Å². The Morgan fingerprint density at radius 3 is 1.28 bits per heavy atom. The highest BCUT2D eigenvalue weighted by Crippen LogP contribution is 2.58. The fourth-order valence-electron chi connectivity index (χ4n) is 13.1. The number of anilines is 3. The van der Waals surface area contributed by atoms with Crippen LogP contribution in [0.15, 0.2) is 177 Å². The Balaban J connectivity index is 0.943. The maximum Gasteiger partial charge on any atom is 0.143 e. The van der Waals surface area contributed by atoms with Crippen LogP contribution in [0.5, 0.6) is 0 Å². The van der Waals surface area contributed by atoms with Gasteiger partial charge in [0.1, 0.15) is 33.5 Å². The van der Waals surface area contributed by atoms with Crippen LogP contribution < -0.4 is 4.90 Å². The minimum atomic E-state index is -0.293. The molecule has 4 heteroatoms.